The normalized spacial score (nSPS) is 14.3. The summed E-state index contributed by atoms with van der Waals surface area (Å²) in [5.74, 6) is -0.987. The zero-order valence-electron chi connectivity index (χ0n) is 18.6. The van der Waals surface area contributed by atoms with Gasteiger partial charge in [0.05, 0.1) is 13.2 Å². The van der Waals surface area contributed by atoms with Gasteiger partial charge in [-0.3, -0.25) is 23.2 Å². The average Bonchev–Trinajstić information content (AvgIpc) is 2.66. The van der Waals surface area contributed by atoms with E-state index in [9.17, 15) is 18.9 Å². The summed E-state index contributed by atoms with van der Waals surface area (Å²) in [6.07, 6.45) is -0.731. The van der Waals surface area contributed by atoms with E-state index in [0.717, 1.165) is 7.11 Å². The van der Waals surface area contributed by atoms with Crippen LogP contribution < -0.4 is 5.32 Å². The number of phosphoric acid groups is 1. The first-order valence-electron chi connectivity index (χ1n) is 9.71. The second kappa shape index (κ2) is 14.3. The second-order valence-corrected chi connectivity index (χ2v) is 8.86. The molecule has 0 aromatic rings. The Kier molecular flexibility index (Phi) is 13.5. The molecule has 2 atom stereocenters. The van der Waals surface area contributed by atoms with Gasteiger partial charge < -0.3 is 19.5 Å². The molecule has 0 aliphatic heterocycles. The molecular formula is C18H34NO10P. The number of esters is 2. The van der Waals surface area contributed by atoms with Crippen LogP contribution >= 0.6 is 7.82 Å². The van der Waals surface area contributed by atoms with E-state index in [4.69, 9.17) is 27.8 Å². The lowest BCUT2D eigenvalue weighted by Crippen LogP contribution is -2.34. The summed E-state index contributed by atoms with van der Waals surface area (Å²) in [7, 11) is -2.87. The molecule has 2 unspecified atom stereocenters. The fourth-order valence-corrected chi connectivity index (χ4v) is 2.74. The molecule has 1 N–H and O–H groups in total. The van der Waals surface area contributed by atoms with Crippen LogP contribution in [-0.4, -0.2) is 63.2 Å². The maximum absolute atomic E-state index is 12.5. The summed E-state index contributed by atoms with van der Waals surface area (Å²) in [4.78, 5) is 34.6. The van der Waals surface area contributed by atoms with Crippen molar-refractivity contribution in [1.82, 2.24) is 5.32 Å². The average molecular weight is 455 g/mol. The number of phosphoric ester groups is 1. The topological polar surface area (TPSA) is 136 Å². The monoisotopic (exact) mass is 455 g/mol. The second-order valence-electron chi connectivity index (χ2n) is 7.09. The van der Waals surface area contributed by atoms with Gasteiger partial charge in [-0.05, 0) is 27.2 Å². The Morgan fingerprint density at radius 2 is 1.70 bits per heavy atom. The number of rotatable bonds is 14. The van der Waals surface area contributed by atoms with Crippen molar-refractivity contribution in [3.63, 3.8) is 0 Å². The zero-order chi connectivity index (χ0) is 23.2. The molecule has 30 heavy (non-hydrogen) atoms. The summed E-state index contributed by atoms with van der Waals surface area (Å²) in [6, 6.07) is 0. The number of ether oxygens (including phenoxy) is 3. The van der Waals surface area contributed by atoms with Crippen LogP contribution in [-0.2, 0) is 41.9 Å². The van der Waals surface area contributed by atoms with E-state index in [2.05, 4.69) is 5.32 Å². The SMILES string of the molecule is CCCC(=O)OC(COC(=O)CC)COP(=O)(OC)OCCNC(=O)OC(C)(C)C. The lowest BCUT2D eigenvalue weighted by molar-refractivity contribution is -0.161. The van der Waals surface area contributed by atoms with E-state index < -0.39 is 37.6 Å². The van der Waals surface area contributed by atoms with Gasteiger partial charge in [-0.25, -0.2) is 9.36 Å². The van der Waals surface area contributed by atoms with Crippen molar-refractivity contribution in [1.29, 1.82) is 0 Å². The van der Waals surface area contributed by atoms with Gasteiger partial charge in [-0.1, -0.05) is 13.8 Å². The van der Waals surface area contributed by atoms with Crippen LogP contribution in [0.3, 0.4) is 0 Å². The lowest BCUT2D eigenvalue weighted by Gasteiger charge is -2.22. The lowest BCUT2D eigenvalue weighted by atomic mass is 10.2. The van der Waals surface area contributed by atoms with E-state index in [1.807, 2.05) is 6.92 Å². The Bertz CT molecular complexity index is 590. The number of carbonyl (C=O) groups excluding carboxylic acids is 3. The third-order valence-corrected chi connectivity index (χ3v) is 4.54. The molecular weight excluding hydrogens is 421 g/mol. The number of hydrogen-bond acceptors (Lipinski definition) is 10. The maximum Gasteiger partial charge on any atom is 0.474 e. The van der Waals surface area contributed by atoms with Gasteiger partial charge in [-0.15, -0.1) is 0 Å². The van der Waals surface area contributed by atoms with E-state index in [-0.39, 0.29) is 39.2 Å². The molecule has 0 aliphatic rings. The molecule has 0 aliphatic carbocycles. The van der Waals surface area contributed by atoms with Crippen molar-refractivity contribution in [3.05, 3.63) is 0 Å². The molecule has 0 radical (unpaired) electrons. The van der Waals surface area contributed by atoms with E-state index >= 15 is 0 Å². The highest BCUT2D eigenvalue weighted by molar-refractivity contribution is 7.48. The van der Waals surface area contributed by atoms with Crippen LogP contribution in [0.4, 0.5) is 4.79 Å². The summed E-state index contributed by atoms with van der Waals surface area (Å²) >= 11 is 0. The first-order valence-corrected chi connectivity index (χ1v) is 11.2. The minimum atomic E-state index is -3.99. The Hall–Kier alpha value is -1.68. The molecule has 12 heteroatoms. The molecule has 0 bridgehead atoms. The number of hydrogen-bond donors (Lipinski definition) is 1. The fraction of sp³-hybridized carbons (Fsp3) is 0.833. The van der Waals surface area contributed by atoms with Crippen LogP contribution in [0.2, 0.25) is 0 Å². The number of alkyl carbamates (subject to hydrolysis) is 1. The van der Waals surface area contributed by atoms with Crippen molar-refractivity contribution in [2.45, 2.75) is 65.6 Å². The number of carbonyl (C=O) groups is 3. The summed E-state index contributed by atoms with van der Waals surface area (Å²) < 4.78 is 42.8. The highest BCUT2D eigenvalue weighted by Crippen LogP contribution is 2.48. The Morgan fingerprint density at radius 3 is 2.23 bits per heavy atom. The van der Waals surface area contributed by atoms with Gasteiger partial charge in [-0.2, -0.15) is 0 Å². The van der Waals surface area contributed by atoms with Crippen LogP contribution in [0.15, 0.2) is 0 Å². The van der Waals surface area contributed by atoms with Gasteiger partial charge in [0, 0.05) is 26.5 Å². The van der Waals surface area contributed by atoms with Gasteiger partial charge in [0.2, 0.25) is 0 Å². The Labute approximate surface area is 177 Å². The number of amides is 1. The summed E-state index contributed by atoms with van der Waals surface area (Å²) in [5.41, 5.74) is -0.651. The maximum atomic E-state index is 12.5. The predicted octanol–water partition coefficient (Wildman–Crippen LogP) is 2.96. The first-order chi connectivity index (χ1) is 13.9. The highest BCUT2D eigenvalue weighted by atomic mass is 31.2. The van der Waals surface area contributed by atoms with Gasteiger partial charge in [0.25, 0.3) is 0 Å². The van der Waals surface area contributed by atoms with E-state index in [0.29, 0.717) is 6.42 Å². The largest absolute Gasteiger partial charge is 0.474 e. The minimum absolute atomic E-state index is 0.00531. The smallest absolute Gasteiger partial charge is 0.462 e. The van der Waals surface area contributed by atoms with Crippen molar-refractivity contribution in [2.75, 3.05) is 33.5 Å². The van der Waals surface area contributed by atoms with Crippen molar-refractivity contribution in [3.8, 4) is 0 Å². The third kappa shape index (κ3) is 14.3. The Balaban J connectivity index is 4.61. The molecule has 1 amide bonds. The molecule has 0 aromatic heterocycles. The standard InChI is InChI=1S/C18H34NO10P/c1-7-9-16(21)28-14(12-25-15(20)8-2)13-27-30(23,24-6)26-11-10-19-17(22)29-18(3,4)5/h14H,7-13H2,1-6H3,(H,19,22). The van der Waals surface area contributed by atoms with Crippen LogP contribution in [0.5, 0.6) is 0 Å². The Morgan fingerprint density at radius 1 is 1.03 bits per heavy atom. The quantitative estimate of drug-likeness (QED) is 0.180. The zero-order valence-corrected chi connectivity index (χ0v) is 19.5. The van der Waals surface area contributed by atoms with Crippen LogP contribution in [0.25, 0.3) is 0 Å². The third-order valence-electron chi connectivity index (χ3n) is 3.13. The van der Waals surface area contributed by atoms with Gasteiger partial charge in [0.15, 0.2) is 6.10 Å². The molecule has 0 heterocycles. The molecule has 0 saturated heterocycles. The molecule has 0 fully saturated rings. The highest BCUT2D eigenvalue weighted by Gasteiger charge is 2.28. The van der Waals surface area contributed by atoms with Gasteiger partial charge >= 0.3 is 25.9 Å². The summed E-state index contributed by atoms with van der Waals surface area (Å²) in [6.45, 7) is 7.76. The van der Waals surface area contributed by atoms with Crippen LogP contribution in [0, 0.1) is 0 Å². The van der Waals surface area contributed by atoms with Crippen molar-refractivity contribution in [2.24, 2.45) is 0 Å². The minimum Gasteiger partial charge on any atom is -0.462 e. The molecule has 11 nitrogen and oxygen atoms in total. The fourth-order valence-electron chi connectivity index (χ4n) is 1.79. The van der Waals surface area contributed by atoms with Crippen LogP contribution in [0.1, 0.15) is 53.9 Å². The van der Waals surface area contributed by atoms with E-state index in [1.54, 1.807) is 27.7 Å². The van der Waals surface area contributed by atoms with E-state index in [1.165, 1.54) is 0 Å². The molecule has 0 aromatic carbocycles. The van der Waals surface area contributed by atoms with Crippen molar-refractivity contribution < 1.29 is 46.7 Å². The summed E-state index contributed by atoms with van der Waals surface area (Å²) in [5, 5.41) is 2.43. The van der Waals surface area contributed by atoms with Gasteiger partial charge in [0.1, 0.15) is 12.2 Å². The molecule has 0 saturated carbocycles. The number of nitrogens with one attached hydrogen (secondary N) is 1. The predicted molar refractivity (Wildman–Crippen MR) is 107 cm³/mol. The molecule has 0 rings (SSSR count). The first kappa shape index (κ1) is 28.3. The molecule has 176 valence electrons. The molecule has 0 spiro atoms. The van der Waals surface area contributed by atoms with Crippen molar-refractivity contribution >= 4 is 25.9 Å².